The van der Waals surface area contributed by atoms with Crippen molar-refractivity contribution in [3.05, 3.63) is 121 Å². The van der Waals surface area contributed by atoms with Gasteiger partial charge in [0.2, 0.25) is 0 Å². The molecule has 0 fully saturated rings. The highest BCUT2D eigenvalue weighted by molar-refractivity contribution is 5.93. The molecule has 0 aliphatic carbocycles. The highest BCUT2D eigenvalue weighted by Crippen LogP contribution is 2.39. The summed E-state index contributed by atoms with van der Waals surface area (Å²) >= 11 is 0. The average Bonchev–Trinajstić information content (AvgIpc) is 2.86. The molecular formula is C30H24N2. The van der Waals surface area contributed by atoms with E-state index in [2.05, 4.69) is 91.0 Å². The lowest BCUT2D eigenvalue weighted by molar-refractivity contribution is 1.55. The summed E-state index contributed by atoms with van der Waals surface area (Å²) in [5.74, 6) is 0. The van der Waals surface area contributed by atoms with Crippen LogP contribution in [0.1, 0.15) is 0 Å². The van der Waals surface area contributed by atoms with Gasteiger partial charge in [-0.15, -0.1) is 0 Å². The second-order valence-electron chi connectivity index (χ2n) is 7.85. The lowest BCUT2D eigenvalue weighted by Gasteiger charge is -2.15. The molecule has 0 spiro atoms. The molecule has 0 saturated carbocycles. The first-order chi connectivity index (χ1) is 15.7. The summed E-state index contributed by atoms with van der Waals surface area (Å²) in [6.07, 6.45) is 0. The van der Waals surface area contributed by atoms with Crippen LogP contribution in [0.3, 0.4) is 0 Å². The van der Waals surface area contributed by atoms with Gasteiger partial charge in [0.25, 0.3) is 0 Å². The summed E-state index contributed by atoms with van der Waals surface area (Å²) in [6, 6.07) is 41.9. The molecule has 2 nitrogen and oxygen atoms in total. The minimum Gasteiger partial charge on any atom is -0.397 e. The van der Waals surface area contributed by atoms with Crippen LogP contribution in [0.4, 0.5) is 11.4 Å². The number of hydrogen-bond acceptors (Lipinski definition) is 2. The predicted molar refractivity (Wildman–Crippen MR) is 137 cm³/mol. The van der Waals surface area contributed by atoms with E-state index < -0.39 is 0 Å². The molecule has 0 heterocycles. The first-order valence-electron chi connectivity index (χ1n) is 10.7. The van der Waals surface area contributed by atoms with E-state index in [1.165, 1.54) is 22.3 Å². The van der Waals surface area contributed by atoms with Crippen LogP contribution in [0, 0.1) is 0 Å². The zero-order valence-corrected chi connectivity index (χ0v) is 17.7. The Morgan fingerprint density at radius 2 is 0.781 bits per heavy atom. The maximum atomic E-state index is 6.34. The molecule has 154 valence electrons. The molecule has 0 amide bonds. The maximum absolute atomic E-state index is 6.34. The van der Waals surface area contributed by atoms with Crippen molar-refractivity contribution < 1.29 is 0 Å². The van der Waals surface area contributed by atoms with Gasteiger partial charge in [-0.2, -0.15) is 0 Å². The molecule has 0 radical (unpaired) electrons. The van der Waals surface area contributed by atoms with Gasteiger partial charge in [-0.25, -0.2) is 0 Å². The molecule has 0 aromatic heterocycles. The quantitative estimate of drug-likeness (QED) is 0.300. The van der Waals surface area contributed by atoms with Gasteiger partial charge in [0, 0.05) is 5.56 Å². The maximum Gasteiger partial charge on any atom is 0.0627 e. The van der Waals surface area contributed by atoms with Crippen molar-refractivity contribution in [3.8, 4) is 44.5 Å². The highest BCUT2D eigenvalue weighted by Gasteiger charge is 2.13. The fourth-order valence-corrected chi connectivity index (χ4v) is 4.25. The van der Waals surface area contributed by atoms with Crippen LogP contribution in [0.5, 0.6) is 0 Å². The van der Waals surface area contributed by atoms with E-state index in [1.807, 2.05) is 30.3 Å². The minimum absolute atomic E-state index is 0.600. The van der Waals surface area contributed by atoms with E-state index in [9.17, 15) is 0 Å². The molecule has 5 rings (SSSR count). The van der Waals surface area contributed by atoms with Crippen LogP contribution < -0.4 is 11.5 Å². The van der Waals surface area contributed by atoms with Crippen molar-refractivity contribution in [1.82, 2.24) is 0 Å². The van der Waals surface area contributed by atoms with Gasteiger partial charge in [0.1, 0.15) is 0 Å². The lowest BCUT2D eigenvalue weighted by Crippen LogP contribution is -1.97. The monoisotopic (exact) mass is 412 g/mol. The molecule has 0 saturated heterocycles. The number of nitrogens with two attached hydrogens (primary N) is 2. The second kappa shape index (κ2) is 8.44. The Balaban J connectivity index is 1.65. The fourth-order valence-electron chi connectivity index (χ4n) is 4.25. The molecule has 0 aliphatic heterocycles. The van der Waals surface area contributed by atoms with E-state index in [1.54, 1.807) is 0 Å². The fraction of sp³-hybridized carbons (Fsp3) is 0. The standard InChI is InChI=1S/C30H24N2/c31-29-19-9-18-28(30(29)32)27-17-7-6-16-26(27)23-13-8-12-22(20-23)25-15-5-4-14-24(25)21-10-2-1-3-11-21/h1-20H,31-32H2. The zero-order valence-electron chi connectivity index (χ0n) is 17.7. The number of para-hydroxylation sites is 1. The SMILES string of the molecule is Nc1cccc(-c2ccccc2-c2cccc(-c3ccccc3-c3ccccc3)c2)c1N. The summed E-state index contributed by atoms with van der Waals surface area (Å²) in [4.78, 5) is 0. The van der Waals surface area contributed by atoms with Gasteiger partial charge >= 0.3 is 0 Å². The Morgan fingerprint density at radius 1 is 0.344 bits per heavy atom. The zero-order chi connectivity index (χ0) is 21.9. The van der Waals surface area contributed by atoms with Crippen molar-refractivity contribution in [2.75, 3.05) is 11.5 Å². The number of hydrogen-bond donors (Lipinski definition) is 2. The Morgan fingerprint density at radius 3 is 1.44 bits per heavy atom. The molecule has 5 aromatic rings. The third kappa shape index (κ3) is 3.63. The Hall–Kier alpha value is -4.30. The molecular weight excluding hydrogens is 388 g/mol. The normalized spacial score (nSPS) is 10.8. The molecule has 5 aromatic carbocycles. The molecule has 0 atom stereocenters. The molecule has 0 aliphatic rings. The van der Waals surface area contributed by atoms with Gasteiger partial charge in [-0.1, -0.05) is 109 Å². The summed E-state index contributed by atoms with van der Waals surface area (Å²) in [5.41, 5.74) is 22.8. The van der Waals surface area contributed by atoms with Crippen LogP contribution in [-0.4, -0.2) is 0 Å². The third-order valence-corrected chi connectivity index (χ3v) is 5.85. The third-order valence-electron chi connectivity index (χ3n) is 5.85. The summed E-state index contributed by atoms with van der Waals surface area (Å²) in [5, 5.41) is 0. The number of nitrogen functional groups attached to an aromatic ring is 2. The Bertz CT molecular complexity index is 1390. The van der Waals surface area contributed by atoms with E-state index in [4.69, 9.17) is 11.5 Å². The summed E-state index contributed by atoms with van der Waals surface area (Å²) < 4.78 is 0. The van der Waals surface area contributed by atoms with Crippen molar-refractivity contribution in [3.63, 3.8) is 0 Å². The number of anilines is 2. The van der Waals surface area contributed by atoms with Crippen molar-refractivity contribution in [2.45, 2.75) is 0 Å². The van der Waals surface area contributed by atoms with E-state index in [-0.39, 0.29) is 0 Å². The molecule has 0 bridgehead atoms. The summed E-state index contributed by atoms with van der Waals surface area (Å²) in [6.45, 7) is 0. The Labute approximate surface area is 188 Å². The predicted octanol–water partition coefficient (Wildman–Crippen LogP) is 7.52. The molecule has 2 heteroatoms. The van der Waals surface area contributed by atoms with Crippen LogP contribution in [0.25, 0.3) is 44.5 Å². The van der Waals surface area contributed by atoms with E-state index in [0.717, 1.165) is 22.3 Å². The van der Waals surface area contributed by atoms with Gasteiger partial charge in [0.15, 0.2) is 0 Å². The van der Waals surface area contributed by atoms with Crippen LogP contribution in [0.15, 0.2) is 121 Å². The smallest absolute Gasteiger partial charge is 0.0627 e. The highest BCUT2D eigenvalue weighted by atomic mass is 14.7. The lowest BCUT2D eigenvalue weighted by atomic mass is 9.90. The van der Waals surface area contributed by atoms with Gasteiger partial charge in [-0.3, -0.25) is 0 Å². The van der Waals surface area contributed by atoms with Crippen molar-refractivity contribution in [2.24, 2.45) is 0 Å². The van der Waals surface area contributed by atoms with Gasteiger partial charge < -0.3 is 11.5 Å². The number of rotatable bonds is 4. The van der Waals surface area contributed by atoms with Gasteiger partial charge in [-0.05, 0) is 51.1 Å². The topological polar surface area (TPSA) is 52.0 Å². The van der Waals surface area contributed by atoms with Crippen molar-refractivity contribution >= 4 is 11.4 Å². The van der Waals surface area contributed by atoms with Crippen LogP contribution in [0.2, 0.25) is 0 Å². The minimum atomic E-state index is 0.600. The van der Waals surface area contributed by atoms with Crippen molar-refractivity contribution in [1.29, 1.82) is 0 Å². The molecule has 0 unspecified atom stereocenters. The second-order valence-corrected chi connectivity index (χ2v) is 7.85. The first-order valence-corrected chi connectivity index (χ1v) is 10.7. The number of benzene rings is 5. The first kappa shape index (κ1) is 19.7. The summed E-state index contributed by atoms with van der Waals surface area (Å²) in [7, 11) is 0. The molecule has 4 N–H and O–H groups in total. The van der Waals surface area contributed by atoms with Gasteiger partial charge in [0.05, 0.1) is 11.4 Å². The van der Waals surface area contributed by atoms with Crippen LogP contribution in [-0.2, 0) is 0 Å². The largest absolute Gasteiger partial charge is 0.397 e. The average molecular weight is 413 g/mol. The van der Waals surface area contributed by atoms with E-state index in [0.29, 0.717) is 11.4 Å². The van der Waals surface area contributed by atoms with Crippen LogP contribution >= 0.6 is 0 Å². The molecule has 32 heavy (non-hydrogen) atoms. The Kier molecular flexibility index (Phi) is 5.19. The van der Waals surface area contributed by atoms with E-state index >= 15 is 0 Å².